The molecule has 1 fully saturated rings. The van der Waals surface area contributed by atoms with Crippen molar-refractivity contribution >= 4 is 37.9 Å². The molecule has 1 N–H and O–H groups in total. The van der Waals surface area contributed by atoms with Crippen LogP contribution in [0.3, 0.4) is 0 Å². The molecule has 1 aliphatic carbocycles. The van der Waals surface area contributed by atoms with Gasteiger partial charge in [0.05, 0.1) is 0 Å². The average Bonchev–Trinajstić information content (AvgIpc) is 3.50. The number of rotatable bonds is 9. The summed E-state index contributed by atoms with van der Waals surface area (Å²) in [4.78, 5) is 14.5. The summed E-state index contributed by atoms with van der Waals surface area (Å²) >= 11 is 3.45. The number of nitrogens with zero attached hydrogens (tertiary/aromatic N) is 1. The first-order valence-electron chi connectivity index (χ1n) is 9.20. The summed E-state index contributed by atoms with van der Waals surface area (Å²) in [7, 11) is -3.58. The molecule has 0 aliphatic heterocycles. The first-order chi connectivity index (χ1) is 13.4. The molecule has 2 aromatic rings. The van der Waals surface area contributed by atoms with Gasteiger partial charge in [0.1, 0.15) is 0 Å². The van der Waals surface area contributed by atoms with Crippen LogP contribution in [0.1, 0.15) is 30.4 Å². The van der Waals surface area contributed by atoms with Crippen LogP contribution in [0.25, 0.3) is 6.08 Å². The van der Waals surface area contributed by atoms with Crippen molar-refractivity contribution in [3.05, 3.63) is 75.6 Å². The lowest BCUT2D eigenvalue weighted by molar-refractivity contribution is -0.132. The van der Waals surface area contributed by atoms with E-state index in [1.165, 1.54) is 6.08 Å². The average molecular weight is 463 g/mol. The molecule has 0 radical (unpaired) electrons. The van der Waals surface area contributed by atoms with E-state index in [0.717, 1.165) is 33.8 Å². The van der Waals surface area contributed by atoms with Crippen molar-refractivity contribution in [2.24, 2.45) is 0 Å². The fraction of sp³-hybridized carbons (Fsp3) is 0.286. The van der Waals surface area contributed by atoms with Crippen LogP contribution in [0.2, 0.25) is 0 Å². The van der Waals surface area contributed by atoms with Crippen molar-refractivity contribution in [2.45, 2.75) is 31.8 Å². The van der Waals surface area contributed by atoms with Crippen LogP contribution in [-0.4, -0.2) is 31.8 Å². The van der Waals surface area contributed by atoms with E-state index >= 15 is 0 Å². The van der Waals surface area contributed by atoms with Gasteiger partial charge in [0, 0.05) is 35.4 Å². The van der Waals surface area contributed by atoms with E-state index in [9.17, 15) is 13.2 Å². The highest BCUT2D eigenvalue weighted by Crippen LogP contribution is 2.29. The molecule has 3 rings (SSSR count). The predicted octanol–water partition coefficient (Wildman–Crippen LogP) is 3.92. The zero-order valence-electron chi connectivity index (χ0n) is 15.4. The van der Waals surface area contributed by atoms with Gasteiger partial charge >= 0.3 is 0 Å². The maximum Gasteiger partial charge on any atom is 0.233 e. The van der Waals surface area contributed by atoms with Crippen molar-refractivity contribution < 1.29 is 13.2 Å². The molecule has 2 aromatic carbocycles. The zero-order valence-corrected chi connectivity index (χ0v) is 17.8. The molecule has 0 spiro atoms. The maximum absolute atomic E-state index is 12.6. The van der Waals surface area contributed by atoms with Crippen molar-refractivity contribution in [3.63, 3.8) is 0 Å². The molecule has 28 heavy (non-hydrogen) atoms. The molecular formula is C21H23BrN2O3S. The third kappa shape index (κ3) is 6.58. The second-order valence-electron chi connectivity index (χ2n) is 6.79. The highest BCUT2D eigenvalue weighted by atomic mass is 79.9. The number of halogens is 1. The Bertz CT molecular complexity index is 941. The van der Waals surface area contributed by atoms with E-state index < -0.39 is 10.0 Å². The minimum Gasteiger partial charge on any atom is -0.335 e. The molecule has 1 saturated carbocycles. The summed E-state index contributed by atoms with van der Waals surface area (Å²) in [6.45, 7) is 0.631. The lowest BCUT2D eigenvalue weighted by Gasteiger charge is -2.23. The number of carbonyl (C=O) groups excluding carboxylic acids is 1. The third-order valence-corrected chi connectivity index (χ3v) is 6.03. The van der Waals surface area contributed by atoms with Crippen molar-refractivity contribution in [1.29, 1.82) is 0 Å². The van der Waals surface area contributed by atoms with Gasteiger partial charge in [-0.15, -0.1) is 0 Å². The first-order valence-corrected chi connectivity index (χ1v) is 11.5. The van der Waals surface area contributed by atoms with E-state index in [1.54, 1.807) is 0 Å². The number of hydrogen-bond donors (Lipinski definition) is 1. The quantitative estimate of drug-likeness (QED) is 0.613. The maximum atomic E-state index is 12.6. The smallest absolute Gasteiger partial charge is 0.233 e. The molecule has 0 aromatic heterocycles. The summed E-state index contributed by atoms with van der Waals surface area (Å²) < 4.78 is 27.7. The van der Waals surface area contributed by atoms with Crippen LogP contribution in [0.5, 0.6) is 0 Å². The van der Waals surface area contributed by atoms with Crippen LogP contribution in [0, 0.1) is 0 Å². The van der Waals surface area contributed by atoms with Crippen molar-refractivity contribution in [1.82, 2.24) is 9.62 Å². The number of benzene rings is 2. The van der Waals surface area contributed by atoms with Crippen LogP contribution in [0.4, 0.5) is 0 Å². The largest absolute Gasteiger partial charge is 0.335 e. The normalized spacial score (nSPS) is 14.3. The zero-order chi connectivity index (χ0) is 20.0. The molecule has 0 atom stereocenters. The van der Waals surface area contributed by atoms with E-state index in [4.69, 9.17) is 0 Å². The standard InChI is InChI=1S/C21H23BrN2O3S/c22-19-8-4-7-18(15-19)16-24(20-9-10-20)21(25)11-13-23-28(26,27)14-12-17-5-2-1-3-6-17/h1-8,12,14-15,20,23H,9-11,13,16H2/b14-12+. The number of hydrogen-bond acceptors (Lipinski definition) is 3. The number of carbonyl (C=O) groups is 1. The predicted molar refractivity (Wildman–Crippen MR) is 115 cm³/mol. The van der Waals surface area contributed by atoms with Gasteiger partial charge in [0.25, 0.3) is 0 Å². The highest BCUT2D eigenvalue weighted by molar-refractivity contribution is 9.10. The van der Waals surface area contributed by atoms with Crippen LogP contribution in [0.15, 0.2) is 64.5 Å². The summed E-state index contributed by atoms with van der Waals surface area (Å²) in [5, 5.41) is 1.13. The molecule has 148 valence electrons. The first kappa shape index (κ1) is 20.8. The van der Waals surface area contributed by atoms with Crippen molar-refractivity contribution in [3.8, 4) is 0 Å². The SMILES string of the molecule is O=C(CCNS(=O)(=O)/C=C/c1ccccc1)N(Cc1cccc(Br)c1)C1CC1. The summed E-state index contributed by atoms with van der Waals surface area (Å²) in [6.07, 6.45) is 3.69. The minimum absolute atomic E-state index is 0.0304. The van der Waals surface area contributed by atoms with Gasteiger partial charge < -0.3 is 4.90 Å². The van der Waals surface area contributed by atoms with E-state index in [2.05, 4.69) is 20.7 Å². The molecule has 0 heterocycles. The van der Waals surface area contributed by atoms with Gasteiger partial charge in [-0.05, 0) is 42.2 Å². The number of nitrogens with one attached hydrogen (secondary N) is 1. The fourth-order valence-corrected chi connectivity index (χ4v) is 4.13. The van der Waals surface area contributed by atoms with Crippen LogP contribution >= 0.6 is 15.9 Å². The van der Waals surface area contributed by atoms with Gasteiger partial charge in [-0.3, -0.25) is 4.79 Å². The van der Waals surface area contributed by atoms with Gasteiger partial charge in [0.2, 0.25) is 15.9 Å². The molecule has 5 nitrogen and oxygen atoms in total. The Balaban J connectivity index is 1.52. The molecular weight excluding hydrogens is 440 g/mol. The van der Waals surface area contributed by atoms with Gasteiger partial charge in [-0.1, -0.05) is 58.4 Å². The Kier molecular flexibility index (Phi) is 7.04. The Morgan fingerprint density at radius 3 is 2.57 bits per heavy atom. The molecule has 0 bridgehead atoms. The highest BCUT2D eigenvalue weighted by Gasteiger charge is 2.32. The topological polar surface area (TPSA) is 66.5 Å². The Hall–Kier alpha value is -1.96. The lowest BCUT2D eigenvalue weighted by Crippen LogP contribution is -2.35. The summed E-state index contributed by atoms with van der Waals surface area (Å²) in [6, 6.07) is 17.4. The molecule has 0 saturated heterocycles. The summed E-state index contributed by atoms with van der Waals surface area (Å²) in [5.41, 5.74) is 1.86. The molecule has 1 aliphatic rings. The fourth-order valence-electron chi connectivity index (χ4n) is 2.86. The molecule has 1 amide bonds. The van der Waals surface area contributed by atoms with Crippen molar-refractivity contribution in [2.75, 3.05) is 6.54 Å². The monoisotopic (exact) mass is 462 g/mol. The molecule has 0 unspecified atom stereocenters. The van der Waals surface area contributed by atoms with E-state index in [-0.39, 0.29) is 24.9 Å². The van der Waals surface area contributed by atoms with Gasteiger partial charge in [-0.25, -0.2) is 13.1 Å². The van der Waals surface area contributed by atoms with Crippen LogP contribution < -0.4 is 4.72 Å². The second-order valence-corrected chi connectivity index (χ2v) is 9.35. The number of sulfonamides is 1. The van der Waals surface area contributed by atoms with Crippen LogP contribution in [-0.2, 0) is 21.4 Å². The Labute approximate surface area is 174 Å². The lowest BCUT2D eigenvalue weighted by atomic mass is 10.2. The van der Waals surface area contributed by atoms with Gasteiger partial charge in [-0.2, -0.15) is 0 Å². The number of amides is 1. The van der Waals surface area contributed by atoms with E-state index in [1.807, 2.05) is 59.5 Å². The Morgan fingerprint density at radius 1 is 1.14 bits per heavy atom. The van der Waals surface area contributed by atoms with Gasteiger partial charge in [0.15, 0.2) is 0 Å². The van der Waals surface area contributed by atoms with E-state index in [0.29, 0.717) is 6.54 Å². The Morgan fingerprint density at radius 2 is 1.89 bits per heavy atom. The minimum atomic E-state index is -3.58. The second kappa shape index (κ2) is 9.49. The molecule has 7 heteroatoms. The summed E-state index contributed by atoms with van der Waals surface area (Å²) in [5.74, 6) is -0.0304. The third-order valence-electron chi connectivity index (χ3n) is 4.43.